The minimum absolute atomic E-state index is 0.0851. The summed E-state index contributed by atoms with van der Waals surface area (Å²) in [6.07, 6.45) is 1.44. The Morgan fingerprint density at radius 3 is 3.17 bits per heavy atom. The van der Waals surface area contributed by atoms with Crippen molar-refractivity contribution in [3.05, 3.63) is 17.8 Å². The van der Waals surface area contributed by atoms with E-state index in [1.54, 1.807) is 6.07 Å². The van der Waals surface area contributed by atoms with Crippen molar-refractivity contribution < 1.29 is 9.59 Å². The lowest BCUT2D eigenvalue weighted by Gasteiger charge is -2.40. The van der Waals surface area contributed by atoms with Crippen molar-refractivity contribution in [3.63, 3.8) is 0 Å². The van der Waals surface area contributed by atoms with Crippen LogP contribution in [0.25, 0.3) is 0 Å². The second-order valence-corrected chi connectivity index (χ2v) is 4.36. The molecule has 1 aromatic heterocycles. The number of pyridine rings is 1. The summed E-state index contributed by atoms with van der Waals surface area (Å²) in [6.45, 7) is 2.13. The average Bonchev–Trinajstić information content (AvgIpc) is 2.38. The third-order valence-electron chi connectivity index (χ3n) is 3.23. The molecule has 0 bridgehead atoms. The number of amides is 2. The van der Waals surface area contributed by atoms with Crippen LogP contribution in [0, 0.1) is 0 Å². The van der Waals surface area contributed by atoms with Crippen LogP contribution in [0.2, 0.25) is 0 Å². The molecule has 2 aliphatic rings. The topological polar surface area (TPSA) is 100 Å². The molecule has 7 heteroatoms. The smallest absolute Gasteiger partial charge is 0.250 e. The Morgan fingerprint density at radius 1 is 1.56 bits per heavy atom. The van der Waals surface area contributed by atoms with Crippen LogP contribution >= 0.6 is 0 Å². The Hall–Kier alpha value is -2.15. The van der Waals surface area contributed by atoms with Crippen molar-refractivity contribution in [1.29, 1.82) is 0 Å². The molecule has 18 heavy (non-hydrogen) atoms. The first-order valence-electron chi connectivity index (χ1n) is 5.75. The number of primary amides is 1. The lowest BCUT2D eigenvalue weighted by atomic mass is 10.1. The molecule has 1 fully saturated rings. The predicted octanol–water partition coefficient (Wildman–Crippen LogP) is -1.09. The normalized spacial score (nSPS) is 21.9. The minimum Gasteiger partial charge on any atom is -0.366 e. The van der Waals surface area contributed by atoms with Crippen molar-refractivity contribution in [2.45, 2.75) is 6.04 Å². The number of nitrogens with one attached hydrogen (secondary N) is 2. The third-order valence-corrected chi connectivity index (χ3v) is 3.23. The summed E-state index contributed by atoms with van der Waals surface area (Å²) >= 11 is 0. The first-order valence-corrected chi connectivity index (χ1v) is 5.75. The van der Waals surface area contributed by atoms with E-state index in [1.165, 1.54) is 6.20 Å². The van der Waals surface area contributed by atoms with Gasteiger partial charge < -0.3 is 21.3 Å². The van der Waals surface area contributed by atoms with Gasteiger partial charge in [0.25, 0.3) is 0 Å². The summed E-state index contributed by atoms with van der Waals surface area (Å²) in [4.78, 5) is 29.2. The van der Waals surface area contributed by atoms with Crippen LogP contribution in [0.15, 0.2) is 12.3 Å². The van der Waals surface area contributed by atoms with Crippen LogP contribution in [0.5, 0.6) is 0 Å². The van der Waals surface area contributed by atoms with Crippen LogP contribution in [0.3, 0.4) is 0 Å². The van der Waals surface area contributed by atoms with Gasteiger partial charge in [0.15, 0.2) is 5.82 Å². The second-order valence-electron chi connectivity index (χ2n) is 4.36. The maximum absolute atomic E-state index is 11.9. The van der Waals surface area contributed by atoms with Gasteiger partial charge in [-0.25, -0.2) is 4.98 Å². The molecule has 94 valence electrons. The number of nitrogens with two attached hydrogens (primary N) is 1. The Balaban J connectivity index is 2.04. The number of rotatable bonds is 1. The Bertz CT molecular complexity index is 530. The third kappa shape index (κ3) is 1.60. The summed E-state index contributed by atoms with van der Waals surface area (Å²) < 4.78 is 0. The molecule has 2 aliphatic heterocycles. The van der Waals surface area contributed by atoms with Gasteiger partial charge >= 0.3 is 0 Å². The number of carbonyl (C=O) groups is 2. The summed E-state index contributed by atoms with van der Waals surface area (Å²) in [7, 11) is 0. The molecule has 0 aliphatic carbocycles. The van der Waals surface area contributed by atoms with Crippen molar-refractivity contribution in [1.82, 2.24) is 10.3 Å². The molecular weight excluding hydrogens is 234 g/mol. The van der Waals surface area contributed by atoms with E-state index in [1.807, 2.05) is 4.90 Å². The highest BCUT2D eigenvalue weighted by Gasteiger charge is 2.35. The summed E-state index contributed by atoms with van der Waals surface area (Å²) in [5, 5.41) is 5.93. The van der Waals surface area contributed by atoms with E-state index in [4.69, 9.17) is 5.73 Å². The predicted molar refractivity (Wildman–Crippen MR) is 65.4 cm³/mol. The number of hydrogen-bond donors (Lipinski definition) is 3. The second kappa shape index (κ2) is 3.95. The van der Waals surface area contributed by atoms with Crippen LogP contribution in [-0.2, 0) is 4.79 Å². The summed E-state index contributed by atoms with van der Waals surface area (Å²) in [6, 6.07) is 1.33. The van der Waals surface area contributed by atoms with Crippen molar-refractivity contribution in [3.8, 4) is 0 Å². The van der Waals surface area contributed by atoms with Gasteiger partial charge in [-0.05, 0) is 6.07 Å². The highest BCUT2D eigenvalue weighted by atomic mass is 16.2. The number of carbonyl (C=O) groups excluding carboxylic acids is 2. The fraction of sp³-hybridized carbons (Fsp3) is 0.364. The zero-order valence-corrected chi connectivity index (χ0v) is 9.64. The maximum Gasteiger partial charge on any atom is 0.250 e. The number of fused-ring (bicyclic) bond motifs is 3. The van der Waals surface area contributed by atoms with E-state index in [0.717, 1.165) is 6.54 Å². The molecule has 3 heterocycles. The molecule has 0 spiro atoms. The van der Waals surface area contributed by atoms with Gasteiger partial charge in [-0.1, -0.05) is 0 Å². The van der Waals surface area contributed by atoms with Crippen molar-refractivity contribution in [2.24, 2.45) is 5.73 Å². The monoisotopic (exact) mass is 247 g/mol. The largest absolute Gasteiger partial charge is 0.366 e. The summed E-state index contributed by atoms with van der Waals surface area (Å²) in [5.74, 6) is 0.0613. The quantitative estimate of drug-likeness (QED) is 0.585. The molecule has 0 saturated carbocycles. The molecule has 1 unspecified atom stereocenters. The standard InChI is InChI=1S/C11H13N5O2/c12-9(17)6-3-7-10(14-4-6)16-2-1-13-5-8(16)11(18)15-7/h3-4,8,13H,1-2,5H2,(H2,12,17)(H,15,18). The molecule has 1 saturated heterocycles. The van der Waals surface area contributed by atoms with Gasteiger partial charge in [-0.3, -0.25) is 9.59 Å². The molecule has 1 aromatic rings. The minimum atomic E-state index is -0.554. The molecule has 4 N–H and O–H groups in total. The van der Waals surface area contributed by atoms with Gasteiger partial charge in [0.2, 0.25) is 11.8 Å². The Labute approximate surface area is 103 Å². The molecule has 2 amide bonds. The number of hydrogen-bond acceptors (Lipinski definition) is 5. The van der Waals surface area contributed by atoms with E-state index < -0.39 is 5.91 Å². The lowest BCUT2D eigenvalue weighted by molar-refractivity contribution is -0.117. The first kappa shape index (κ1) is 11.0. The van der Waals surface area contributed by atoms with Gasteiger partial charge in [0.05, 0.1) is 11.3 Å². The van der Waals surface area contributed by atoms with Crippen molar-refractivity contribution in [2.75, 3.05) is 29.9 Å². The van der Waals surface area contributed by atoms with Gasteiger partial charge in [-0.2, -0.15) is 0 Å². The molecule has 3 rings (SSSR count). The fourth-order valence-corrected chi connectivity index (χ4v) is 2.32. The summed E-state index contributed by atoms with van der Waals surface area (Å²) in [5.41, 5.74) is 6.04. The van der Waals surface area contributed by atoms with E-state index in [0.29, 0.717) is 30.2 Å². The number of nitrogens with zero attached hydrogens (tertiary/aromatic N) is 2. The zero-order chi connectivity index (χ0) is 12.7. The molecular formula is C11H13N5O2. The Kier molecular flexibility index (Phi) is 2.41. The van der Waals surface area contributed by atoms with Crippen molar-refractivity contribution >= 4 is 23.3 Å². The molecule has 1 atom stereocenters. The van der Waals surface area contributed by atoms with E-state index >= 15 is 0 Å². The highest BCUT2D eigenvalue weighted by Crippen LogP contribution is 2.30. The first-order chi connectivity index (χ1) is 8.66. The molecule has 7 nitrogen and oxygen atoms in total. The number of aromatic nitrogens is 1. The lowest BCUT2D eigenvalue weighted by Crippen LogP contribution is -2.59. The van der Waals surface area contributed by atoms with Crippen LogP contribution in [0.1, 0.15) is 10.4 Å². The molecule has 0 radical (unpaired) electrons. The highest BCUT2D eigenvalue weighted by molar-refractivity contribution is 6.04. The van der Waals surface area contributed by atoms with E-state index in [-0.39, 0.29) is 11.9 Å². The van der Waals surface area contributed by atoms with Gasteiger partial charge in [0, 0.05) is 25.8 Å². The van der Waals surface area contributed by atoms with E-state index in [2.05, 4.69) is 15.6 Å². The fourth-order valence-electron chi connectivity index (χ4n) is 2.32. The van der Waals surface area contributed by atoms with Crippen LogP contribution in [0.4, 0.5) is 11.5 Å². The number of anilines is 2. The van der Waals surface area contributed by atoms with Gasteiger partial charge in [0.1, 0.15) is 6.04 Å². The van der Waals surface area contributed by atoms with Gasteiger partial charge in [-0.15, -0.1) is 0 Å². The van der Waals surface area contributed by atoms with Crippen LogP contribution in [-0.4, -0.2) is 42.5 Å². The molecule has 0 aromatic carbocycles. The van der Waals surface area contributed by atoms with E-state index in [9.17, 15) is 9.59 Å². The number of piperazine rings is 1. The average molecular weight is 247 g/mol. The Morgan fingerprint density at radius 2 is 2.39 bits per heavy atom. The SMILES string of the molecule is NC(=O)c1cnc2c(c1)NC(=O)C1CNCCN21. The van der Waals surface area contributed by atoms with Crippen LogP contribution < -0.4 is 21.3 Å². The maximum atomic E-state index is 11.9. The zero-order valence-electron chi connectivity index (χ0n) is 9.64.